The number of nitrogens with zero attached hydrogens (tertiary/aromatic N) is 2. The largest absolute Gasteiger partial charge is 0.486 e. The first-order chi connectivity index (χ1) is 14.9. The highest BCUT2D eigenvalue weighted by molar-refractivity contribution is 6.37. The second-order valence-electron chi connectivity index (χ2n) is 7.00. The van der Waals surface area contributed by atoms with Gasteiger partial charge in [-0.25, -0.2) is 9.37 Å². The number of allylic oxidation sites excluding steroid dienone is 1. The Bertz CT molecular complexity index is 1310. The van der Waals surface area contributed by atoms with E-state index in [1.54, 1.807) is 30.3 Å². The molecular formula is C24H16Cl2FN3O. The van der Waals surface area contributed by atoms with Gasteiger partial charge >= 0.3 is 0 Å². The zero-order chi connectivity index (χ0) is 22.0. The summed E-state index contributed by atoms with van der Waals surface area (Å²) in [7, 11) is 0. The lowest BCUT2D eigenvalue weighted by Gasteiger charge is -2.11. The summed E-state index contributed by atoms with van der Waals surface area (Å²) >= 11 is 12.8. The molecule has 0 unspecified atom stereocenters. The Morgan fingerprint density at radius 2 is 1.84 bits per heavy atom. The third kappa shape index (κ3) is 4.72. The molecule has 1 N–H and O–H groups in total. The molecule has 0 saturated heterocycles. The molecule has 0 atom stereocenters. The summed E-state index contributed by atoms with van der Waals surface area (Å²) in [5.74, 6) is 0.471. The normalized spacial score (nSPS) is 11.5. The molecule has 0 fully saturated rings. The second kappa shape index (κ2) is 8.81. The van der Waals surface area contributed by atoms with Crippen LogP contribution in [0.4, 0.5) is 4.39 Å². The molecule has 4 aromatic rings. The van der Waals surface area contributed by atoms with Crippen LogP contribution in [0.25, 0.3) is 22.7 Å². The molecule has 7 heteroatoms. The fourth-order valence-corrected chi connectivity index (χ4v) is 3.72. The molecule has 31 heavy (non-hydrogen) atoms. The standard InChI is InChI=1S/C24H16Cl2FN3O/c1-14-2-7-21-22(8-14)30-24(29-21)17(12-28)9-16-10-19(25)23(20(26)11-16)31-13-15-3-5-18(27)6-4-15/h2-11H,13H2,1H3,(H,29,30)/b17-9-. The Balaban J connectivity index is 1.60. The molecule has 4 nitrogen and oxygen atoms in total. The maximum atomic E-state index is 13.0. The molecule has 0 bridgehead atoms. The number of ether oxygens (including phenoxy) is 1. The average Bonchev–Trinajstić information content (AvgIpc) is 3.15. The molecule has 3 aromatic carbocycles. The van der Waals surface area contributed by atoms with Gasteiger partial charge in [-0.1, -0.05) is 41.4 Å². The van der Waals surface area contributed by atoms with E-state index in [1.807, 2.05) is 25.1 Å². The van der Waals surface area contributed by atoms with Crippen LogP contribution in [0.5, 0.6) is 5.75 Å². The highest BCUT2D eigenvalue weighted by Crippen LogP contribution is 2.36. The lowest BCUT2D eigenvalue weighted by Crippen LogP contribution is -1.97. The smallest absolute Gasteiger partial charge is 0.157 e. The first-order valence-electron chi connectivity index (χ1n) is 9.38. The number of nitriles is 1. The summed E-state index contributed by atoms with van der Waals surface area (Å²) in [6, 6.07) is 17.3. The summed E-state index contributed by atoms with van der Waals surface area (Å²) in [6.45, 7) is 2.18. The maximum absolute atomic E-state index is 13.0. The lowest BCUT2D eigenvalue weighted by atomic mass is 10.1. The van der Waals surface area contributed by atoms with E-state index >= 15 is 0 Å². The van der Waals surface area contributed by atoms with Crippen molar-refractivity contribution in [1.82, 2.24) is 9.97 Å². The van der Waals surface area contributed by atoms with Crippen LogP contribution in [0.15, 0.2) is 54.6 Å². The van der Waals surface area contributed by atoms with Gasteiger partial charge in [-0.2, -0.15) is 5.26 Å². The summed E-state index contributed by atoms with van der Waals surface area (Å²) in [6.07, 6.45) is 1.66. The number of nitrogens with one attached hydrogen (secondary N) is 1. The number of H-pyrrole nitrogens is 1. The molecule has 0 aliphatic rings. The van der Waals surface area contributed by atoms with E-state index in [9.17, 15) is 9.65 Å². The van der Waals surface area contributed by atoms with Crippen LogP contribution in [0, 0.1) is 24.1 Å². The zero-order valence-corrected chi connectivity index (χ0v) is 17.9. The number of rotatable bonds is 5. The number of fused-ring (bicyclic) bond motifs is 1. The van der Waals surface area contributed by atoms with E-state index < -0.39 is 0 Å². The number of aromatic nitrogens is 2. The minimum atomic E-state index is -0.316. The van der Waals surface area contributed by atoms with Crippen molar-refractivity contribution in [2.24, 2.45) is 0 Å². The number of hydrogen-bond donors (Lipinski definition) is 1. The number of halogens is 3. The minimum absolute atomic E-state index is 0.191. The molecule has 0 amide bonds. The third-order valence-corrected chi connectivity index (χ3v) is 5.20. The first kappa shape index (κ1) is 20.9. The number of aryl methyl sites for hydroxylation is 1. The van der Waals surface area contributed by atoms with Crippen LogP contribution >= 0.6 is 23.2 Å². The highest BCUT2D eigenvalue weighted by atomic mass is 35.5. The van der Waals surface area contributed by atoms with E-state index in [0.717, 1.165) is 22.2 Å². The number of benzene rings is 3. The van der Waals surface area contributed by atoms with Crippen molar-refractivity contribution in [3.8, 4) is 11.8 Å². The van der Waals surface area contributed by atoms with E-state index in [-0.39, 0.29) is 12.4 Å². The van der Waals surface area contributed by atoms with Gasteiger partial charge in [0.2, 0.25) is 0 Å². The van der Waals surface area contributed by atoms with E-state index in [0.29, 0.717) is 32.8 Å². The van der Waals surface area contributed by atoms with Gasteiger partial charge in [0, 0.05) is 0 Å². The maximum Gasteiger partial charge on any atom is 0.157 e. The summed E-state index contributed by atoms with van der Waals surface area (Å²) in [5.41, 5.74) is 4.50. The average molecular weight is 452 g/mol. The summed E-state index contributed by atoms with van der Waals surface area (Å²) in [4.78, 5) is 7.66. The minimum Gasteiger partial charge on any atom is -0.486 e. The van der Waals surface area contributed by atoms with Crippen molar-refractivity contribution in [1.29, 1.82) is 5.26 Å². The van der Waals surface area contributed by atoms with Crippen LogP contribution in [-0.2, 0) is 6.61 Å². The molecule has 0 radical (unpaired) electrons. The van der Waals surface area contributed by atoms with Crippen molar-refractivity contribution in [3.63, 3.8) is 0 Å². The van der Waals surface area contributed by atoms with Gasteiger partial charge in [0.15, 0.2) is 5.75 Å². The third-order valence-electron chi connectivity index (χ3n) is 4.64. The van der Waals surface area contributed by atoms with Gasteiger partial charge in [-0.3, -0.25) is 0 Å². The van der Waals surface area contributed by atoms with Crippen LogP contribution in [0.1, 0.15) is 22.5 Å². The molecule has 1 heterocycles. The quantitative estimate of drug-likeness (QED) is 0.333. The predicted molar refractivity (Wildman–Crippen MR) is 122 cm³/mol. The van der Waals surface area contributed by atoms with Crippen LogP contribution in [0.3, 0.4) is 0 Å². The van der Waals surface area contributed by atoms with Crippen molar-refractivity contribution in [2.45, 2.75) is 13.5 Å². The molecule has 4 rings (SSSR count). The van der Waals surface area contributed by atoms with Gasteiger partial charge in [0.05, 0.1) is 26.7 Å². The van der Waals surface area contributed by atoms with Crippen molar-refractivity contribution in [2.75, 3.05) is 0 Å². The zero-order valence-electron chi connectivity index (χ0n) is 16.4. The van der Waals surface area contributed by atoms with E-state index in [4.69, 9.17) is 27.9 Å². The van der Waals surface area contributed by atoms with Gasteiger partial charge in [0.1, 0.15) is 24.3 Å². The van der Waals surface area contributed by atoms with Crippen LogP contribution in [0.2, 0.25) is 10.0 Å². The fourth-order valence-electron chi connectivity index (χ4n) is 3.11. The SMILES string of the molecule is Cc1ccc2nc(/C(C#N)=C\c3cc(Cl)c(OCc4ccc(F)cc4)c(Cl)c3)[nH]c2c1. The Morgan fingerprint density at radius 1 is 1.13 bits per heavy atom. The predicted octanol–water partition coefficient (Wildman–Crippen LogP) is 6.96. The van der Waals surface area contributed by atoms with Gasteiger partial charge in [0.25, 0.3) is 0 Å². The molecule has 0 saturated carbocycles. The molecule has 0 aliphatic heterocycles. The van der Waals surface area contributed by atoms with Gasteiger partial charge in [-0.05, 0) is 66.1 Å². The van der Waals surface area contributed by atoms with E-state index in [1.165, 1.54) is 12.1 Å². The molecule has 1 aromatic heterocycles. The monoisotopic (exact) mass is 451 g/mol. The number of hydrogen-bond acceptors (Lipinski definition) is 3. The van der Waals surface area contributed by atoms with Gasteiger partial charge < -0.3 is 9.72 Å². The van der Waals surface area contributed by atoms with Crippen molar-refractivity contribution < 1.29 is 9.13 Å². The van der Waals surface area contributed by atoms with E-state index in [2.05, 4.69) is 16.0 Å². The first-order valence-corrected chi connectivity index (χ1v) is 10.1. The van der Waals surface area contributed by atoms with Crippen LogP contribution < -0.4 is 4.74 Å². The second-order valence-corrected chi connectivity index (χ2v) is 7.82. The Labute approximate surface area is 188 Å². The molecule has 154 valence electrons. The Morgan fingerprint density at radius 3 is 2.52 bits per heavy atom. The van der Waals surface area contributed by atoms with Gasteiger partial charge in [-0.15, -0.1) is 0 Å². The Hall–Kier alpha value is -3.33. The molecule has 0 aliphatic carbocycles. The van der Waals surface area contributed by atoms with Crippen molar-refractivity contribution in [3.05, 3.63) is 93.0 Å². The summed E-state index contributed by atoms with van der Waals surface area (Å²) < 4.78 is 18.8. The molecular weight excluding hydrogens is 436 g/mol. The Kier molecular flexibility index (Phi) is 5.94. The lowest BCUT2D eigenvalue weighted by molar-refractivity contribution is 0.306. The molecule has 0 spiro atoms. The van der Waals surface area contributed by atoms with Crippen molar-refractivity contribution >= 4 is 45.9 Å². The number of imidazole rings is 1. The van der Waals surface area contributed by atoms with Crippen LogP contribution in [-0.4, -0.2) is 9.97 Å². The topological polar surface area (TPSA) is 61.7 Å². The number of aromatic amines is 1. The fraction of sp³-hybridized carbons (Fsp3) is 0.0833. The highest BCUT2D eigenvalue weighted by Gasteiger charge is 2.12. The summed E-state index contributed by atoms with van der Waals surface area (Å²) in [5, 5.41) is 10.3.